The zero-order valence-corrected chi connectivity index (χ0v) is 12.7. The van der Waals surface area contributed by atoms with Gasteiger partial charge in [0.05, 0.1) is 5.56 Å². The van der Waals surface area contributed by atoms with Crippen molar-refractivity contribution in [1.82, 2.24) is 5.32 Å². The van der Waals surface area contributed by atoms with Crippen LogP contribution >= 0.6 is 34.2 Å². The molecule has 0 spiro atoms. The lowest BCUT2D eigenvalue weighted by molar-refractivity contribution is 0.0937. The molecule has 0 aliphatic heterocycles. The number of carbonyl (C=O) groups is 1. The predicted molar refractivity (Wildman–Crippen MR) is 77.7 cm³/mol. The Labute approximate surface area is 120 Å². The van der Waals surface area contributed by atoms with E-state index in [0.717, 1.165) is 3.57 Å². The van der Waals surface area contributed by atoms with Crippen molar-refractivity contribution in [3.63, 3.8) is 0 Å². The highest BCUT2D eigenvalue weighted by molar-refractivity contribution is 14.1. The quantitative estimate of drug-likeness (QED) is 0.635. The average molecular weight is 368 g/mol. The summed E-state index contributed by atoms with van der Waals surface area (Å²) in [5, 5.41) is 12.4. The second kappa shape index (κ2) is 5.91. The van der Waals surface area contributed by atoms with Crippen molar-refractivity contribution in [1.29, 1.82) is 0 Å². The molecule has 94 valence electrons. The fraction of sp³-hybridized carbons (Fsp3) is 0.417. The molecule has 0 aliphatic rings. The van der Waals surface area contributed by atoms with Crippen molar-refractivity contribution in [2.24, 2.45) is 5.41 Å². The zero-order chi connectivity index (χ0) is 13.1. The Morgan fingerprint density at radius 3 is 2.76 bits per heavy atom. The lowest BCUT2D eigenvalue weighted by Crippen LogP contribution is -2.35. The van der Waals surface area contributed by atoms with E-state index in [2.05, 4.69) is 27.9 Å². The Kier molecular flexibility index (Phi) is 5.06. The van der Waals surface area contributed by atoms with Crippen LogP contribution in [0, 0.1) is 8.99 Å². The molecule has 1 amide bonds. The molecule has 1 aromatic carbocycles. The van der Waals surface area contributed by atoms with Gasteiger partial charge in [-0.3, -0.25) is 4.79 Å². The summed E-state index contributed by atoms with van der Waals surface area (Å²) in [4.78, 5) is 11.9. The van der Waals surface area contributed by atoms with Crippen LogP contribution in [0.4, 0.5) is 0 Å². The first-order chi connectivity index (χ1) is 7.85. The summed E-state index contributed by atoms with van der Waals surface area (Å²) in [5.74, 6) is 0.178. The van der Waals surface area contributed by atoms with Gasteiger partial charge in [-0.1, -0.05) is 13.8 Å². The molecule has 0 fully saturated rings. The first-order valence-electron chi connectivity index (χ1n) is 5.18. The maximum absolute atomic E-state index is 11.9. The lowest BCUT2D eigenvalue weighted by atomic mass is 9.96. The van der Waals surface area contributed by atoms with Gasteiger partial charge in [0.15, 0.2) is 0 Å². The number of halogens is 2. The van der Waals surface area contributed by atoms with E-state index < -0.39 is 0 Å². The molecular weight excluding hydrogens is 352 g/mol. The Hall–Kier alpha value is -0.490. The van der Waals surface area contributed by atoms with E-state index in [1.54, 1.807) is 12.1 Å². The van der Waals surface area contributed by atoms with E-state index in [4.69, 9.17) is 11.6 Å². The molecule has 0 aromatic heterocycles. The van der Waals surface area contributed by atoms with Gasteiger partial charge in [-0.05, 0) is 46.2 Å². The SMILES string of the molecule is CC(C)(CCl)CNC(=O)c1cc(I)ccc1O. The minimum Gasteiger partial charge on any atom is -0.507 e. The van der Waals surface area contributed by atoms with Crippen LogP contribution in [0.25, 0.3) is 0 Å². The summed E-state index contributed by atoms with van der Waals surface area (Å²) in [7, 11) is 0. The van der Waals surface area contributed by atoms with Crippen LogP contribution in [-0.4, -0.2) is 23.4 Å². The molecule has 5 heteroatoms. The molecule has 0 aliphatic carbocycles. The summed E-state index contributed by atoms with van der Waals surface area (Å²) >= 11 is 7.87. The molecule has 0 bridgehead atoms. The number of carbonyl (C=O) groups excluding carboxylic acids is 1. The van der Waals surface area contributed by atoms with Crippen LogP contribution in [0.5, 0.6) is 5.75 Å². The molecule has 0 radical (unpaired) electrons. The van der Waals surface area contributed by atoms with Crippen LogP contribution in [0.3, 0.4) is 0 Å². The van der Waals surface area contributed by atoms with Crippen molar-refractivity contribution < 1.29 is 9.90 Å². The summed E-state index contributed by atoms with van der Waals surface area (Å²) in [6.07, 6.45) is 0. The maximum atomic E-state index is 11.9. The molecule has 0 saturated heterocycles. The van der Waals surface area contributed by atoms with E-state index >= 15 is 0 Å². The number of nitrogens with one attached hydrogen (secondary N) is 1. The summed E-state index contributed by atoms with van der Waals surface area (Å²) in [6, 6.07) is 4.91. The zero-order valence-electron chi connectivity index (χ0n) is 9.76. The molecular formula is C12H15ClINO2. The number of alkyl halides is 1. The van der Waals surface area contributed by atoms with Gasteiger partial charge in [0.25, 0.3) is 5.91 Å². The van der Waals surface area contributed by atoms with Gasteiger partial charge < -0.3 is 10.4 Å². The smallest absolute Gasteiger partial charge is 0.255 e. The number of aromatic hydroxyl groups is 1. The normalized spacial score (nSPS) is 11.3. The van der Waals surface area contributed by atoms with Crippen LogP contribution in [0.1, 0.15) is 24.2 Å². The molecule has 3 nitrogen and oxygen atoms in total. The number of phenols is 1. The first-order valence-corrected chi connectivity index (χ1v) is 6.80. The highest BCUT2D eigenvalue weighted by atomic mass is 127. The molecule has 17 heavy (non-hydrogen) atoms. The number of amides is 1. The van der Waals surface area contributed by atoms with Crippen molar-refractivity contribution in [2.75, 3.05) is 12.4 Å². The van der Waals surface area contributed by atoms with Gasteiger partial charge >= 0.3 is 0 Å². The number of benzene rings is 1. The van der Waals surface area contributed by atoms with E-state index in [9.17, 15) is 9.90 Å². The molecule has 2 N–H and O–H groups in total. The second-order valence-electron chi connectivity index (χ2n) is 4.64. The Balaban J connectivity index is 2.74. The number of hydrogen-bond donors (Lipinski definition) is 2. The monoisotopic (exact) mass is 367 g/mol. The minimum atomic E-state index is -0.279. The van der Waals surface area contributed by atoms with E-state index in [-0.39, 0.29) is 17.1 Å². The van der Waals surface area contributed by atoms with Crippen LogP contribution in [0.15, 0.2) is 18.2 Å². The van der Waals surface area contributed by atoms with Crippen LogP contribution in [-0.2, 0) is 0 Å². The third-order valence-electron chi connectivity index (χ3n) is 2.29. The molecule has 0 saturated carbocycles. The Morgan fingerprint density at radius 2 is 2.18 bits per heavy atom. The molecule has 1 aromatic rings. The highest BCUT2D eigenvalue weighted by Crippen LogP contribution is 2.20. The maximum Gasteiger partial charge on any atom is 0.255 e. The van der Waals surface area contributed by atoms with Gasteiger partial charge in [-0.2, -0.15) is 0 Å². The fourth-order valence-corrected chi connectivity index (χ4v) is 1.74. The Bertz CT molecular complexity index is 421. The van der Waals surface area contributed by atoms with Crippen molar-refractivity contribution in [2.45, 2.75) is 13.8 Å². The summed E-state index contributed by atoms with van der Waals surface area (Å²) in [6.45, 7) is 4.41. The van der Waals surface area contributed by atoms with Crippen molar-refractivity contribution in [3.8, 4) is 5.75 Å². The van der Waals surface area contributed by atoms with E-state index in [1.807, 2.05) is 13.8 Å². The predicted octanol–water partition coefficient (Wildman–Crippen LogP) is 2.99. The number of hydrogen-bond acceptors (Lipinski definition) is 2. The van der Waals surface area contributed by atoms with Crippen LogP contribution < -0.4 is 5.32 Å². The van der Waals surface area contributed by atoms with E-state index in [0.29, 0.717) is 18.0 Å². The van der Waals surface area contributed by atoms with Gasteiger partial charge in [-0.25, -0.2) is 0 Å². The minimum absolute atomic E-state index is 0.00778. The average Bonchev–Trinajstić information content (AvgIpc) is 2.29. The second-order valence-corrected chi connectivity index (χ2v) is 6.15. The van der Waals surface area contributed by atoms with Gasteiger partial charge in [0.1, 0.15) is 5.75 Å². The molecule has 0 unspecified atom stereocenters. The van der Waals surface area contributed by atoms with Gasteiger partial charge in [0.2, 0.25) is 0 Å². The third kappa shape index (κ3) is 4.35. The largest absolute Gasteiger partial charge is 0.507 e. The lowest BCUT2D eigenvalue weighted by Gasteiger charge is -2.21. The first kappa shape index (κ1) is 14.6. The van der Waals surface area contributed by atoms with Crippen molar-refractivity contribution in [3.05, 3.63) is 27.3 Å². The number of rotatable bonds is 4. The molecule has 0 atom stereocenters. The Morgan fingerprint density at radius 1 is 1.53 bits per heavy atom. The van der Waals surface area contributed by atoms with Crippen molar-refractivity contribution >= 4 is 40.1 Å². The summed E-state index contributed by atoms with van der Waals surface area (Å²) in [5.41, 5.74) is 0.136. The third-order valence-corrected chi connectivity index (χ3v) is 3.69. The topological polar surface area (TPSA) is 49.3 Å². The molecule has 0 heterocycles. The highest BCUT2D eigenvalue weighted by Gasteiger charge is 2.19. The van der Waals surface area contributed by atoms with Gasteiger partial charge in [-0.15, -0.1) is 11.6 Å². The molecule has 1 rings (SSSR count). The van der Waals surface area contributed by atoms with Crippen LogP contribution in [0.2, 0.25) is 0 Å². The fourth-order valence-electron chi connectivity index (χ4n) is 1.15. The summed E-state index contributed by atoms with van der Waals surface area (Å²) < 4.78 is 0.905. The van der Waals surface area contributed by atoms with Gasteiger partial charge in [0, 0.05) is 16.0 Å². The van der Waals surface area contributed by atoms with E-state index in [1.165, 1.54) is 6.07 Å². The number of phenolic OH excluding ortho intramolecular Hbond substituents is 1. The standard InChI is InChI=1S/C12H15ClINO2/c1-12(2,6-13)7-15-11(17)9-5-8(14)3-4-10(9)16/h3-5,16H,6-7H2,1-2H3,(H,15,17).